The summed E-state index contributed by atoms with van der Waals surface area (Å²) in [6.45, 7) is 2.05. The molecule has 1 aromatic carbocycles. The lowest BCUT2D eigenvalue weighted by Crippen LogP contribution is -2.20. The summed E-state index contributed by atoms with van der Waals surface area (Å²) in [5.74, 6) is 0. The topological polar surface area (TPSA) is 40.7 Å². The molecule has 0 radical (unpaired) electrons. The van der Waals surface area contributed by atoms with Crippen LogP contribution in [0.2, 0.25) is 0 Å². The van der Waals surface area contributed by atoms with Gasteiger partial charge in [-0.15, -0.1) is 24.8 Å². The Labute approximate surface area is 112 Å². The Balaban J connectivity index is 0.000000722. The van der Waals surface area contributed by atoms with Crippen molar-refractivity contribution in [3.05, 3.63) is 36.0 Å². The highest BCUT2D eigenvalue weighted by Gasteiger charge is 2.09. The smallest absolute Gasteiger partial charge is 0.0656 e. The third-order valence-corrected chi connectivity index (χ3v) is 2.89. The van der Waals surface area contributed by atoms with Gasteiger partial charge in [0, 0.05) is 11.9 Å². The third kappa shape index (κ3) is 2.63. The van der Waals surface area contributed by atoms with E-state index in [0.717, 1.165) is 25.0 Å². The van der Waals surface area contributed by atoms with Gasteiger partial charge >= 0.3 is 0 Å². The van der Waals surface area contributed by atoms with Crippen LogP contribution in [-0.4, -0.2) is 23.3 Å². The first-order valence-corrected chi connectivity index (χ1v) is 5.27. The molecule has 2 N–H and O–H groups in total. The fraction of sp³-hybridized carbons (Fsp3) is 0.250. The number of nitrogens with zero attached hydrogens (tertiary/aromatic N) is 1. The van der Waals surface area contributed by atoms with Crippen molar-refractivity contribution in [3.63, 3.8) is 0 Å². The molecule has 1 aliphatic heterocycles. The lowest BCUT2D eigenvalue weighted by Gasteiger charge is -2.14. The van der Waals surface area contributed by atoms with Crippen LogP contribution in [0, 0.1) is 0 Å². The largest absolute Gasteiger partial charge is 0.313 e. The molecule has 0 saturated heterocycles. The van der Waals surface area contributed by atoms with Gasteiger partial charge in [-0.2, -0.15) is 5.10 Å². The van der Waals surface area contributed by atoms with E-state index in [4.69, 9.17) is 0 Å². The predicted octanol–water partition coefficient (Wildman–Crippen LogP) is 2.78. The van der Waals surface area contributed by atoms with Crippen molar-refractivity contribution in [2.45, 2.75) is 6.42 Å². The van der Waals surface area contributed by atoms with Gasteiger partial charge in [-0.05, 0) is 30.2 Å². The van der Waals surface area contributed by atoms with Crippen molar-refractivity contribution in [2.24, 2.45) is 0 Å². The molecule has 17 heavy (non-hydrogen) atoms. The Kier molecular flexibility index (Phi) is 5.00. The second kappa shape index (κ2) is 6.05. The van der Waals surface area contributed by atoms with Crippen LogP contribution in [0.15, 0.2) is 30.5 Å². The van der Waals surface area contributed by atoms with E-state index >= 15 is 0 Å². The van der Waals surface area contributed by atoms with Gasteiger partial charge < -0.3 is 5.32 Å². The summed E-state index contributed by atoms with van der Waals surface area (Å²) in [6.07, 6.45) is 5.28. The van der Waals surface area contributed by atoms with Gasteiger partial charge in [0.2, 0.25) is 0 Å². The Bertz CT molecular complexity index is 519. The van der Waals surface area contributed by atoms with E-state index in [1.807, 2.05) is 6.20 Å². The van der Waals surface area contributed by atoms with Crippen LogP contribution in [-0.2, 0) is 0 Å². The van der Waals surface area contributed by atoms with Gasteiger partial charge in [0.05, 0.1) is 11.7 Å². The standard InChI is InChI=1S/C12H13N3.2ClH/c1-2-10(9-4-6-13-7-5-9)11-8-14-15-12(11)3-1;;/h1-4,8,13H,5-7H2,(H,14,15);2*1H. The van der Waals surface area contributed by atoms with Crippen LogP contribution in [0.25, 0.3) is 16.5 Å². The van der Waals surface area contributed by atoms with E-state index in [2.05, 4.69) is 39.8 Å². The quantitative estimate of drug-likeness (QED) is 0.838. The zero-order valence-electron chi connectivity index (χ0n) is 9.27. The van der Waals surface area contributed by atoms with Crippen molar-refractivity contribution in [1.82, 2.24) is 15.5 Å². The van der Waals surface area contributed by atoms with Crippen LogP contribution in [0.1, 0.15) is 12.0 Å². The average molecular weight is 272 g/mol. The lowest BCUT2D eigenvalue weighted by molar-refractivity contribution is 0.739. The van der Waals surface area contributed by atoms with E-state index in [9.17, 15) is 0 Å². The van der Waals surface area contributed by atoms with Gasteiger partial charge in [-0.25, -0.2) is 0 Å². The number of H-pyrrole nitrogens is 1. The zero-order valence-corrected chi connectivity index (χ0v) is 10.9. The van der Waals surface area contributed by atoms with Gasteiger partial charge in [0.25, 0.3) is 0 Å². The molecule has 0 bridgehead atoms. The Morgan fingerprint density at radius 3 is 2.82 bits per heavy atom. The number of hydrogen-bond donors (Lipinski definition) is 2. The molecular weight excluding hydrogens is 257 g/mol. The maximum Gasteiger partial charge on any atom is 0.0656 e. The summed E-state index contributed by atoms with van der Waals surface area (Å²) < 4.78 is 0. The molecule has 0 aliphatic carbocycles. The molecule has 5 heteroatoms. The molecule has 2 heterocycles. The number of hydrogen-bond acceptors (Lipinski definition) is 2. The fourth-order valence-corrected chi connectivity index (χ4v) is 2.12. The minimum atomic E-state index is 0. The lowest BCUT2D eigenvalue weighted by atomic mass is 9.97. The fourth-order valence-electron chi connectivity index (χ4n) is 2.12. The van der Waals surface area contributed by atoms with Gasteiger partial charge in [-0.3, -0.25) is 5.10 Å². The van der Waals surface area contributed by atoms with Crippen molar-refractivity contribution in [2.75, 3.05) is 13.1 Å². The SMILES string of the molecule is C1=C(c2cccc3[nH]ncc23)CCNC1.Cl.Cl. The maximum absolute atomic E-state index is 4.09. The number of fused-ring (bicyclic) bond motifs is 1. The number of aromatic nitrogens is 2. The van der Waals surface area contributed by atoms with E-state index < -0.39 is 0 Å². The van der Waals surface area contributed by atoms with Gasteiger partial charge in [-0.1, -0.05) is 18.2 Å². The summed E-state index contributed by atoms with van der Waals surface area (Å²) in [5.41, 5.74) is 3.87. The highest BCUT2D eigenvalue weighted by Crippen LogP contribution is 2.26. The van der Waals surface area contributed by atoms with Crippen molar-refractivity contribution in [1.29, 1.82) is 0 Å². The first-order chi connectivity index (χ1) is 7.45. The van der Waals surface area contributed by atoms with Crippen molar-refractivity contribution < 1.29 is 0 Å². The van der Waals surface area contributed by atoms with E-state index in [1.54, 1.807) is 0 Å². The Hall–Kier alpha value is -1.03. The van der Waals surface area contributed by atoms with Crippen LogP contribution in [0.4, 0.5) is 0 Å². The summed E-state index contributed by atoms with van der Waals surface area (Å²) in [7, 11) is 0. The molecule has 0 saturated carbocycles. The second-order valence-corrected chi connectivity index (χ2v) is 3.82. The Morgan fingerprint density at radius 1 is 1.18 bits per heavy atom. The average Bonchev–Trinajstić information content (AvgIpc) is 2.78. The van der Waals surface area contributed by atoms with Crippen LogP contribution in [0.3, 0.4) is 0 Å². The zero-order chi connectivity index (χ0) is 10.1. The number of benzene rings is 1. The first-order valence-electron chi connectivity index (χ1n) is 5.27. The van der Waals surface area contributed by atoms with Crippen molar-refractivity contribution >= 4 is 41.3 Å². The molecule has 0 fully saturated rings. The number of aromatic amines is 1. The highest BCUT2D eigenvalue weighted by molar-refractivity contribution is 5.91. The molecule has 1 aliphatic rings. The van der Waals surface area contributed by atoms with E-state index in [0.29, 0.717) is 0 Å². The van der Waals surface area contributed by atoms with Crippen molar-refractivity contribution in [3.8, 4) is 0 Å². The number of halogens is 2. The van der Waals surface area contributed by atoms with Crippen LogP contribution in [0.5, 0.6) is 0 Å². The number of nitrogens with one attached hydrogen (secondary N) is 2. The molecular formula is C12H15Cl2N3. The normalized spacial score (nSPS) is 14.7. The highest BCUT2D eigenvalue weighted by atomic mass is 35.5. The van der Waals surface area contributed by atoms with E-state index in [1.165, 1.54) is 16.5 Å². The molecule has 92 valence electrons. The van der Waals surface area contributed by atoms with Crippen LogP contribution >= 0.6 is 24.8 Å². The summed E-state index contributed by atoms with van der Waals surface area (Å²) in [5, 5.41) is 11.6. The molecule has 2 aromatic rings. The number of rotatable bonds is 1. The third-order valence-electron chi connectivity index (χ3n) is 2.89. The van der Waals surface area contributed by atoms with E-state index in [-0.39, 0.29) is 24.8 Å². The van der Waals surface area contributed by atoms with Crippen LogP contribution < -0.4 is 5.32 Å². The van der Waals surface area contributed by atoms with Gasteiger partial charge in [0.1, 0.15) is 0 Å². The summed E-state index contributed by atoms with van der Waals surface area (Å²) in [4.78, 5) is 0. The summed E-state index contributed by atoms with van der Waals surface area (Å²) >= 11 is 0. The molecule has 0 atom stereocenters. The molecule has 0 unspecified atom stereocenters. The molecule has 0 amide bonds. The second-order valence-electron chi connectivity index (χ2n) is 3.82. The summed E-state index contributed by atoms with van der Waals surface area (Å²) in [6, 6.07) is 6.32. The minimum absolute atomic E-state index is 0. The molecule has 1 aromatic heterocycles. The monoisotopic (exact) mass is 271 g/mol. The maximum atomic E-state index is 4.09. The predicted molar refractivity (Wildman–Crippen MR) is 76.1 cm³/mol. The molecule has 3 nitrogen and oxygen atoms in total. The molecule has 3 rings (SSSR count). The minimum Gasteiger partial charge on any atom is -0.313 e. The first kappa shape index (κ1) is 14.0. The Morgan fingerprint density at radius 2 is 2.06 bits per heavy atom. The van der Waals surface area contributed by atoms with Gasteiger partial charge in [0.15, 0.2) is 0 Å². The molecule has 0 spiro atoms.